The van der Waals surface area contributed by atoms with Gasteiger partial charge >= 0.3 is 0 Å². The Morgan fingerprint density at radius 3 is 0.760 bits per heavy atom. The summed E-state index contributed by atoms with van der Waals surface area (Å²) in [5, 5.41) is 0. The third kappa shape index (κ3) is 28.8. The molecule has 0 spiro atoms. The van der Waals surface area contributed by atoms with Crippen LogP contribution in [0.1, 0.15) is 274 Å². The minimum Gasteiger partial charge on any atom is -0.0654 e. The summed E-state index contributed by atoms with van der Waals surface area (Å²) in [6.07, 6.45) is 56.6. The quantitative estimate of drug-likeness (QED) is 0.0600. The highest BCUT2D eigenvalue weighted by Gasteiger charge is 2.11. The van der Waals surface area contributed by atoms with Crippen molar-refractivity contribution >= 4 is 0 Å². The van der Waals surface area contributed by atoms with E-state index in [4.69, 9.17) is 0 Å². The van der Waals surface area contributed by atoms with Crippen molar-refractivity contribution in [1.82, 2.24) is 0 Å². The van der Waals surface area contributed by atoms with Crippen LogP contribution in [0.3, 0.4) is 0 Å². The second kappa shape index (κ2) is 38.0. The van der Waals surface area contributed by atoms with Crippen molar-refractivity contribution in [2.75, 3.05) is 0 Å². The molecule has 0 heteroatoms. The van der Waals surface area contributed by atoms with Crippen LogP contribution in [0.15, 0.2) is 12.1 Å². The average Bonchev–Trinajstić information content (AvgIpc) is 3.13. The fourth-order valence-electron chi connectivity index (χ4n) is 8.24. The molecule has 0 aromatic heterocycles. The second-order valence-electron chi connectivity index (χ2n) is 16.6. The molecule has 0 N–H and O–H groups in total. The molecule has 0 aliphatic carbocycles. The van der Waals surface area contributed by atoms with Crippen LogP contribution in [0.5, 0.6) is 0 Å². The molecule has 1 rings (SSSR count). The van der Waals surface area contributed by atoms with Crippen molar-refractivity contribution in [3.63, 3.8) is 0 Å². The van der Waals surface area contributed by atoms with E-state index in [1.54, 1.807) is 16.7 Å². The van der Waals surface area contributed by atoms with E-state index in [2.05, 4.69) is 39.8 Å². The van der Waals surface area contributed by atoms with Gasteiger partial charge in [-0.15, -0.1) is 0 Å². The number of benzene rings is 1. The molecule has 1 aromatic rings. The Morgan fingerprint density at radius 2 is 0.520 bits per heavy atom. The van der Waals surface area contributed by atoms with Gasteiger partial charge in [0.15, 0.2) is 0 Å². The van der Waals surface area contributed by atoms with Gasteiger partial charge in [-0.2, -0.15) is 0 Å². The third-order valence-corrected chi connectivity index (χ3v) is 11.7. The Kier molecular flexibility index (Phi) is 35.9. The number of rotatable bonds is 40. The number of hydrogen-bond acceptors (Lipinski definition) is 0. The Balaban J connectivity index is 2.51. The first-order valence-electron chi connectivity index (χ1n) is 23.7. The molecule has 0 unspecified atom stereocenters. The second-order valence-corrected chi connectivity index (χ2v) is 16.6. The van der Waals surface area contributed by atoms with Crippen LogP contribution in [0.4, 0.5) is 0 Å². The van der Waals surface area contributed by atoms with Crippen LogP contribution in [0, 0.1) is 6.92 Å². The molecule has 293 valence electrons. The van der Waals surface area contributed by atoms with Gasteiger partial charge in [0.25, 0.3) is 0 Å². The van der Waals surface area contributed by atoms with Gasteiger partial charge in [0.2, 0.25) is 0 Å². The lowest BCUT2D eigenvalue weighted by atomic mass is 9.87. The highest BCUT2D eigenvalue weighted by molar-refractivity contribution is 5.40. The van der Waals surface area contributed by atoms with Crippen molar-refractivity contribution in [1.29, 1.82) is 0 Å². The fourth-order valence-corrected chi connectivity index (χ4v) is 8.24. The number of hydrogen-bond donors (Lipinski definition) is 0. The summed E-state index contributed by atoms with van der Waals surface area (Å²) in [5.41, 5.74) is 6.66. The van der Waals surface area contributed by atoms with E-state index >= 15 is 0 Å². The van der Waals surface area contributed by atoms with Crippen molar-refractivity contribution in [3.8, 4) is 0 Å². The van der Waals surface area contributed by atoms with Gasteiger partial charge in [0.05, 0.1) is 0 Å². The monoisotopic (exact) mass is 694 g/mol. The molecule has 1 radical (unpaired) electrons. The lowest BCUT2D eigenvalue weighted by molar-refractivity contribution is 0.540. The highest BCUT2D eigenvalue weighted by atomic mass is 14.2. The average molecular weight is 694 g/mol. The smallest absolute Gasteiger partial charge is 0.0273 e. The van der Waals surface area contributed by atoms with Crippen LogP contribution in [0.2, 0.25) is 0 Å². The van der Waals surface area contributed by atoms with Gasteiger partial charge in [0.1, 0.15) is 0 Å². The topological polar surface area (TPSA) is 0 Å². The molecule has 0 aliphatic heterocycles. The van der Waals surface area contributed by atoms with Crippen molar-refractivity contribution < 1.29 is 0 Å². The molecule has 0 fully saturated rings. The van der Waals surface area contributed by atoms with E-state index in [0.717, 1.165) is 6.42 Å². The standard InChI is InChI=1S/C50H93/c1-5-9-12-15-18-21-24-27-30-33-36-39-42-48-45-47(8-4)46-49(43-40-37-34-31-28-25-22-19-16-13-10-6-2)50(48)44-41-38-35-32-29-26-23-20-17-14-11-7-3/h45-46H,4-44H2,1-3H3. The SMILES string of the molecule is [CH2]Cc1cc(CCCCCCCCCCCCCC)c(CCCCCCCCCCCCCC)c(CCCCCCCCCCCCCC)c1. The Labute approximate surface area is 317 Å². The lowest BCUT2D eigenvalue weighted by Crippen LogP contribution is -2.04. The molecule has 0 bridgehead atoms. The zero-order chi connectivity index (χ0) is 36.0. The summed E-state index contributed by atoms with van der Waals surface area (Å²) >= 11 is 0. The Bertz CT molecular complexity index is 755. The minimum atomic E-state index is 0.940. The molecule has 0 heterocycles. The molecule has 0 atom stereocenters. The Hall–Kier alpha value is -0.780. The summed E-state index contributed by atoms with van der Waals surface area (Å²) in [6.45, 7) is 11.3. The summed E-state index contributed by atoms with van der Waals surface area (Å²) in [5.74, 6) is 0. The van der Waals surface area contributed by atoms with Gasteiger partial charge in [0, 0.05) is 0 Å². The largest absolute Gasteiger partial charge is 0.0654 e. The molecule has 0 amide bonds. The van der Waals surface area contributed by atoms with Gasteiger partial charge < -0.3 is 0 Å². The summed E-state index contributed by atoms with van der Waals surface area (Å²) in [4.78, 5) is 0. The highest BCUT2D eigenvalue weighted by Crippen LogP contribution is 2.26. The zero-order valence-electron chi connectivity index (χ0n) is 35.1. The van der Waals surface area contributed by atoms with E-state index in [0.29, 0.717) is 0 Å². The summed E-state index contributed by atoms with van der Waals surface area (Å²) in [6, 6.07) is 5.15. The maximum Gasteiger partial charge on any atom is -0.0273 e. The first-order valence-corrected chi connectivity index (χ1v) is 23.7. The van der Waals surface area contributed by atoms with Crippen LogP contribution in [-0.2, 0) is 25.7 Å². The Morgan fingerprint density at radius 1 is 0.300 bits per heavy atom. The van der Waals surface area contributed by atoms with E-state index in [1.807, 2.05) is 0 Å². The zero-order valence-corrected chi connectivity index (χ0v) is 35.1. The lowest BCUT2D eigenvalue weighted by Gasteiger charge is -2.18. The fraction of sp³-hybridized carbons (Fsp3) is 0.860. The third-order valence-electron chi connectivity index (χ3n) is 11.7. The predicted molar refractivity (Wildman–Crippen MR) is 230 cm³/mol. The van der Waals surface area contributed by atoms with Crippen LogP contribution in [0.25, 0.3) is 0 Å². The first kappa shape index (κ1) is 47.2. The van der Waals surface area contributed by atoms with Gasteiger partial charge in [-0.1, -0.05) is 245 Å². The van der Waals surface area contributed by atoms with E-state index in [1.165, 1.54) is 256 Å². The van der Waals surface area contributed by atoms with E-state index < -0.39 is 0 Å². The van der Waals surface area contributed by atoms with Gasteiger partial charge in [-0.25, -0.2) is 0 Å². The van der Waals surface area contributed by atoms with E-state index in [-0.39, 0.29) is 0 Å². The number of unbranched alkanes of at least 4 members (excludes halogenated alkanes) is 33. The molecular weight excluding hydrogens is 601 g/mol. The van der Waals surface area contributed by atoms with Crippen LogP contribution >= 0.6 is 0 Å². The normalized spacial score (nSPS) is 11.6. The van der Waals surface area contributed by atoms with Crippen molar-refractivity contribution in [2.24, 2.45) is 0 Å². The van der Waals surface area contributed by atoms with Crippen LogP contribution < -0.4 is 0 Å². The molecule has 0 saturated carbocycles. The predicted octanol–water partition coefficient (Wildman–Crippen LogP) is 17.8. The maximum atomic E-state index is 4.34. The summed E-state index contributed by atoms with van der Waals surface area (Å²) in [7, 11) is 0. The van der Waals surface area contributed by atoms with Crippen molar-refractivity contribution in [3.05, 3.63) is 41.3 Å². The molecule has 0 nitrogen and oxygen atoms in total. The van der Waals surface area contributed by atoms with Gasteiger partial charge in [-0.05, 0) is 74.1 Å². The molecule has 1 aromatic carbocycles. The van der Waals surface area contributed by atoms with Crippen LogP contribution in [-0.4, -0.2) is 0 Å². The molecule has 50 heavy (non-hydrogen) atoms. The van der Waals surface area contributed by atoms with Crippen molar-refractivity contribution in [2.45, 2.75) is 278 Å². The number of aryl methyl sites for hydroxylation is 2. The first-order chi connectivity index (χ1) is 24.8. The minimum absolute atomic E-state index is 0.940. The summed E-state index contributed by atoms with van der Waals surface area (Å²) < 4.78 is 0. The molecule has 0 saturated heterocycles. The molecule has 0 aliphatic rings. The van der Waals surface area contributed by atoms with Gasteiger partial charge in [-0.3, -0.25) is 0 Å². The maximum absolute atomic E-state index is 4.34. The van der Waals surface area contributed by atoms with E-state index in [9.17, 15) is 0 Å². The molecular formula is C50H93.